The number of morpholine rings is 1. The fourth-order valence-corrected chi connectivity index (χ4v) is 2.98. The normalized spacial score (nSPS) is 24.6. The average Bonchev–Trinajstić information content (AvgIpc) is 2.80. The van der Waals surface area contributed by atoms with Gasteiger partial charge in [0.05, 0.1) is 30.0 Å². The van der Waals surface area contributed by atoms with Crippen molar-refractivity contribution in [2.75, 3.05) is 13.2 Å². The van der Waals surface area contributed by atoms with E-state index in [-0.39, 0.29) is 23.5 Å². The van der Waals surface area contributed by atoms with E-state index in [0.29, 0.717) is 13.2 Å². The second-order valence-electron chi connectivity index (χ2n) is 6.23. The van der Waals surface area contributed by atoms with E-state index < -0.39 is 0 Å². The Balaban J connectivity index is 2.17. The maximum absolute atomic E-state index is 12.5. The second-order valence-corrected chi connectivity index (χ2v) is 7.26. The summed E-state index contributed by atoms with van der Waals surface area (Å²) in [6.07, 6.45) is 1.82. The first-order valence-electron chi connectivity index (χ1n) is 6.68. The summed E-state index contributed by atoms with van der Waals surface area (Å²) in [5.41, 5.74) is -0.00683. The number of thiazole rings is 1. The molecule has 1 fully saturated rings. The summed E-state index contributed by atoms with van der Waals surface area (Å²) in [6.45, 7) is 11.6. The summed E-state index contributed by atoms with van der Waals surface area (Å²) in [5.74, 6) is 0.0793. The van der Waals surface area contributed by atoms with Gasteiger partial charge in [0.1, 0.15) is 4.88 Å². The highest BCUT2D eigenvalue weighted by Gasteiger charge is 2.30. The zero-order valence-electron chi connectivity index (χ0n) is 12.3. The quantitative estimate of drug-likeness (QED) is 0.795. The van der Waals surface area contributed by atoms with Crippen molar-refractivity contribution in [3.8, 4) is 0 Å². The average molecular weight is 282 g/mol. The second kappa shape index (κ2) is 5.21. The first kappa shape index (κ1) is 14.5. The molecule has 2 atom stereocenters. The Morgan fingerprint density at radius 2 is 2.16 bits per heavy atom. The highest BCUT2D eigenvalue weighted by molar-refractivity contribution is 7.13. The van der Waals surface area contributed by atoms with Gasteiger partial charge in [0.2, 0.25) is 0 Å². The molecule has 1 aliphatic heterocycles. The van der Waals surface area contributed by atoms with Crippen molar-refractivity contribution in [2.45, 2.75) is 52.2 Å². The summed E-state index contributed by atoms with van der Waals surface area (Å²) in [5, 5.41) is 1.00. The molecule has 0 aromatic carbocycles. The molecule has 0 saturated carbocycles. The fraction of sp³-hybridized carbons (Fsp3) is 0.714. The molecule has 2 heterocycles. The third-order valence-corrected chi connectivity index (χ3v) is 4.64. The van der Waals surface area contributed by atoms with Crippen molar-refractivity contribution < 1.29 is 9.53 Å². The van der Waals surface area contributed by atoms with Gasteiger partial charge in [-0.25, -0.2) is 4.98 Å². The van der Waals surface area contributed by atoms with E-state index in [1.165, 1.54) is 11.3 Å². The van der Waals surface area contributed by atoms with E-state index in [0.717, 1.165) is 9.88 Å². The van der Waals surface area contributed by atoms with Crippen molar-refractivity contribution in [3.63, 3.8) is 0 Å². The van der Waals surface area contributed by atoms with Crippen LogP contribution < -0.4 is 0 Å². The number of rotatable bonds is 1. The lowest BCUT2D eigenvalue weighted by molar-refractivity contribution is -0.0385. The molecule has 0 aliphatic carbocycles. The van der Waals surface area contributed by atoms with Gasteiger partial charge in [-0.2, -0.15) is 0 Å². The topological polar surface area (TPSA) is 42.4 Å². The molecule has 19 heavy (non-hydrogen) atoms. The van der Waals surface area contributed by atoms with Gasteiger partial charge in [0.15, 0.2) is 0 Å². The van der Waals surface area contributed by atoms with Crippen LogP contribution in [0.2, 0.25) is 0 Å². The molecule has 2 rings (SSSR count). The number of carbonyl (C=O) groups excluding carboxylic acids is 1. The summed E-state index contributed by atoms with van der Waals surface area (Å²) in [7, 11) is 0. The van der Waals surface area contributed by atoms with Gasteiger partial charge in [-0.1, -0.05) is 20.8 Å². The summed E-state index contributed by atoms with van der Waals surface area (Å²) < 4.78 is 5.56. The largest absolute Gasteiger partial charge is 0.375 e. The Morgan fingerprint density at radius 3 is 2.74 bits per heavy atom. The Bertz CT molecular complexity index is 464. The third-order valence-electron chi connectivity index (χ3n) is 3.23. The van der Waals surface area contributed by atoms with Crippen LogP contribution in [0.1, 0.15) is 49.3 Å². The van der Waals surface area contributed by atoms with Crippen LogP contribution in [0.4, 0.5) is 0 Å². The molecule has 0 spiro atoms. The maximum atomic E-state index is 12.5. The molecule has 5 heteroatoms. The molecule has 0 bridgehead atoms. The molecule has 0 radical (unpaired) electrons. The predicted molar refractivity (Wildman–Crippen MR) is 76.7 cm³/mol. The van der Waals surface area contributed by atoms with E-state index in [2.05, 4.69) is 25.8 Å². The lowest BCUT2D eigenvalue weighted by Crippen LogP contribution is -2.50. The first-order chi connectivity index (χ1) is 8.79. The number of hydrogen-bond donors (Lipinski definition) is 0. The Morgan fingerprint density at radius 1 is 1.47 bits per heavy atom. The van der Waals surface area contributed by atoms with E-state index in [1.807, 2.05) is 18.7 Å². The summed E-state index contributed by atoms with van der Waals surface area (Å²) in [6, 6.07) is 0.129. The standard InChI is InChI=1S/C14H22N2O2S/c1-9-8-18-10(2)7-16(9)12(17)11-6-15-13(19-11)14(3,4)5/h6,9-10H,7-8H2,1-5H3/t9-,10-/m1/s1. The van der Waals surface area contributed by atoms with E-state index >= 15 is 0 Å². The maximum Gasteiger partial charge on any atom is 0.265 e. The monoisotopic (exact) mass is 282 g/mol. The first-order valence-corrected chi connectivity index (χ1v) is 7.49. The molecule has 0 unspecified atom stereocenters. The minimum absolute atomic E-state index is 0.00683. The lowest BCUT2D eigenvalue weighted by atomic mass is 9.98. The molecule has 4 nitrogen and oxygen atoms in total. The van der Waals surface area contributed by atoms with Crippen LogP contribution in [-0.2, 0) is 10.2 Å². The smallest absolute Gasteiger partial charge is 0.265 e. The number of carbonyl (C=O) groups is 1. The van der Waals surface area contributed by atoms with Crippen LogP contribution in [0.5, 0.6) is 0 Å². The van der Waals surface area contributed by atoms with E-state index in [9.17, 15) is 4.79 Å². The van der Waals surface area contributed by atoms with Crippen molar-refractivity contribution in [3.05, 3.63) is 16.1 Å². The van der Waals surface area contributed by atoms with Gasteiger partial charge in [-0.05, 0) is 13.8 Å². The van der Waals surface area contributed by atoms with Crippen LogP contribution >= 0.6 is 11.3 Å². The molecular formula is C14H22N2O2S. The highest BCUT2D eigenvalue weighted by atomic mass is 32.1. The summed E-state index contributed by atoms with van der Waals surface area (Å²) in [4.78, 5) is 19.5. The minimum atomic E-state index is -0.00683. The summed E-state index contributed by atoms with van der Waals surface area (Å²) >= 11 is 1.50. The molecule has 1 saturated heterocycles. The van der Waals surface area contributed by atoms with Gasteiger partial charge < -0.3 is 9.64 Å². The van der Waals surface area contributed by atoms with Crippen LogP contribution in [0, 0.1) is 0 Å². The molecule has 1 aromatic heterocycles. The van der Waals surface area contributed by atoms with Crippen LogP contribution in [0.3, 0.4) is 0 Å². The number of ether oxygens (including phenoxy) is 1. The van der Waals surface area contributed by atoms with Gasteiger partial charge in [0.25, 0.3) is 5.91 Å². The van der Waals surface area contributed by atoms with Crippen molar-refractivity contribution in [1.29, 1.82) is 0 Å². The third kappa shape index (κ3) is 3.15. The Labute approximate surface area is 118 Å². The molecule has 1 aliphatic rings. The molecule has 1 aromatic rings. The van der Waals surface area contributed by atoms with Gasteiger partial charge in [0, 0.05) is 12.0 Å². The van der Waals surface area contributed by atoms with E-state index in [1.54, 1.807) is 6.20 Å². The van der Waals surface area contributed by atoms with Crippen molar-refractivity contribution >= 4 is 17.2 Å². The number of aromatic nitrogens is 1. The Kier molecular flexibility index (Phi) is 3.97. The van der Waals surface area contributed by atoms with Crippen LogP contribution in [0.15, 0.2) is 6.20 Å². The molecule has 106 valence electrons. The van der Waals surface area contributed by atoms with Crippen LogP contribution in [-0.4, -0.2) is 41.1 Å². The zero-order valence-corrected chi connectivity index (χ0v) is 13.1. The predicted octanol–water partition coefficient (Wildman–Crippen LogP) is 2.69. The molecule has 0 N–H and O–H groups in total. The van der Waals surface area contributed by atoms with Gasteiger partial charge in [-0.15, -0.1) is 11.3 Å². The fourth-order valence-electron chi connectivity index (χ4n) is 2.05. The van der Waals surface area contributed by atoms with Gasteiger partial charge >= 0.3 is 0 Å². The number of amides is 1. The number of nitrogens with zero attached hydrogens (tertiary/aromatic N) is 2. The van der Waals surface area contributed by atoms with Crippen molar-refractivity contribution in [1.82, 2.24) is 9.88 Å². The van der Waals surface area contributed by atoms with Crippen LogP contribution in [0.25, 0.3) is 0 Å². The number of hydrogen-bond acceptors (Lipinski definition) is 4. The lowest BCUT2D eigenvalue weighted by Gasteiger charge is -2.36. The van der Waals surface area contributed by atoms with Crippen molar-refractivity contribution in [2.24, 2.45) is 0 Å². The Hall–Kier alpha value is -0.940. The highest BCUT2D eigenvalue weighted by Crippen LogP contribution is 2.28. The molecular weight excluding hydrogens is 260 g/mol. The SMILES string of the molecule is C[C@@H]1CN(C(=O)c2cnc(C(C)(C)C)s2)[C@H](C)CO1. The van der Waals surface area contributed by atoms with E-state index in [4.69, 9.17) is 4.74 Å². The molecule has 1 amide bonds. The van der Waals surface area contributed by atoms with Gasteiger partial charge in [-0.3, -0.25) is 4.79 Å². The zero-order chi connectivity index (χ0) is 14.2. The minimum Gasteiger partial charge on any atom is -0.375 e.